The number of nitrogens with one attached hydrogen (secondary N) is 1. The maximum atomic E-state index is 13.2. The van der Waals surface area contributed by atoms with E-state index in [1.165, 1.54) is 41.0 Å². The first-order chi connectivity index (χ1) is 14.5. The molecule has 3 fully saturated rings. The lowest BCUT2D eigenvalue weighted by Crippen LogP contribution is -2.53. The molecule has 2 aromatic carbocycles. The molecule has 2 bridgehead atoms. The summed E-state index contributed by atoms with van der Waals surface area (Å²) in [5.74, 6) is 0.951. The van der Waals surface area contributed by atoms with Gasteiger partial charge >= 0.3 is 0 Å². The molecule has 0 spiro atoms. The molecule has 0 amide bonds. The van der Waals surface area contributed by atoms with Gasteiger partial charge in [-0.1, -0.05) is 44.2 Å². The fraction of sp³-hybridized carbons (Fsp3) is 0.280. The second-order valence-corrected chi connectivity index (χ2v) is 9.60. The van der Waals surface area contributed by atoms with Crippen molar-refractivity contribution in [2.75, 3.05) is 5.43 Å². The van der Waals surface area contributed by atoms with E-state index in [4.69, 9.17) is 5.10 Å². The second-order valence-electron chi connectivity index (χ2n) is 8.74. The van der Waals surface area contributed by atoms with E-state index in [1.807, 2.05) is 11.4 Å². The minimum absolute atomic E-state index is 0.241. The van der Waals surface area contributed by atoms with Gasteiger partial charge in [0.15, 0.2) is 0 Å². The topological polar surface area (TPSA) is 37.3 Å². The molecular formula is C25H24FN3S. The Hall–Kier alpha value is -2.79. The van der Waals surface area contributed by atoms with Gasteiger partial charge in [0.2, 0.25) is 5.13 Å². The Bertz CT molecular complexity index is 1110. The van der Waals surface area contributed by atoms with Crippen LogP contribution in [0.4, 0.5) is 9.52 Å². The van der Waals surface area contributed by atoms with Gasteiger partial charge in [-0.3, -0.25) is 5.43 Å². The van der Waals surface area contributed by atoms with Gasteiger partial charge in [-0.05, 0) is 65.7 Å². The minimum Gasteiger partial charge on any atom is -0.252 e. The van der Waals surface area contributed by atoms with Crippen LogP contribution in [0.25, 0.3) is 17.3 Å². The van der Waals surface area contributed by atoms with Crippen LogP contribution in [0, 0.1) is 23.1 Å². The molecule has 1 N–H and O–H groups in total. The molecule has 3 aromatic rings. The molecule has 1 heterocycles. The monoisotopic (exact) mass is 417 g/mol. The van der Waals surface area contributed by atoms with Gasteiger partial charge < -0.3 is 0 Å². The fourth-order valence-corrected chi connectivity index (χ4v) is 5.30. The van der Waals surface area contributed by atoms with Gasteiger partial charge in [0.05, 0.1) is 11.4 Å². The lowest BCUT2D eigenvalue weighted by atomic mass is 9.47. The molecule has 0 saturated heterocycles. The molecule has 5 heteroatoms. The molecule has 1 aromatic heterocycles. The van der Waals surface area contributed by atoms with Crippen LogP contribution >= 0.6 is 11.3 Å². The highest BCUT2D eigenvalue weighted by atomic mass is 32.1. The Morgan fingerprint density at radius 3 is 2.63 bits per heavy atom. The largest absolute Gasteiger partial charge is 0.252 e. The number of aromatic nitrogens is 1. The molecule has 6 rings (SSSR count). The van der Waals surface area contributed by atoms with E-state index < -0.39 is 0 Å². The number of thiazole rings is 1. The summed E-state index contributed by atoms with van der Waals surface area (Å²) in [6.45, 7) is 4.72. The van der Waals surface area contributed by atoms with Crippen LogP contribution < -0.4 is 5.43 Å². The third kappa shape index (κ3) is 3.47. The highest BCUT2D eigenvalue weighted by Gasteiger charge is 2.54. The maximum Gasteiger partial charge on any atom is 0.203 e. The van der Waals surface area contributed by atoms with Gasteiger partial charge in [0.25, 0.3) is 0 Å². The number of rotatable bonds is 4. The molecule has 152 valence electrons. The van der Waals surface area contributed by atoms with Crippen molar-refractivity contribution in [3.8, 4) is 11.3 Å². The first-order valence-electron chi connectivity index (χ1n) is 10.3. The van der Waals surface area contributed by atoms with Gasteiger partial charge in [-0.2, -0.15) is 5.10 Å². The fourth-order valence-electron chi connectivity index (χ4n) is 4.64. The van der Waals surface area contributed by atoms with Crippen LogP contribution in [-0.4, -0.2) is 10.7 Å². The number of anilines is 1. The first kappa shape index (κ1) is 19.2. The quantitative estimate of drug-likeness (QED) is 0.471. The summed E-state index contributed by atoms with van der Waals surface area (Å²) in [5, 5.41) is 7.58. The summed E-state index contributed by atoms with van der Waals surface area (Å²) in [4.78, 5) is 4.64. The zero-order valence-corrected chi connectivity index (χ0v) is 17.9. The van der Waals surface area contributed by atoms with E-state index in [0.29, 0.717) is 5.92 Å². The van der Waals surface area contributed by atoms with Crippen LogP contribution in [0.15, 0.2) is 70.7 Å². The van der Waals surface area contributed by atoms with Crippen molar-refractivity contribution in [2.24, 2.45) is 22.4 Å². The number of halogens is 1. The Kier molecular flexibility index (Phi) is 4.78. The van der Waals surface area contributed by atoms with E-state index in [9.17, 15) is 4.39 Å². The number of allylic oxidation sites excluding steroid dienone is 1. The van der Waals surface area contributed by atoms with Crippen molar-refractivity contribution in [1.29, 1.82) is 0 Å². The van der Waals surface area contributed by atoms with E-state index in [1.54, 1.807) is 12.1 Å². The summed E-state index contributed by atoms with van der Waals surface area (Å²) >= 11 is 1.51. The molecule has 2 unspecified atom stereocenters. The molecule has 3 aliphatic carbocycles. The van der Waals surface area contributed by atoms with Gasteiger partial charge in [-0.25, -0.2) is 9.37 Å². The molecule has 3 nitrogen and oxygen atoms in total. The summed E-state index contributed by atoms with van der Waals surface area (Å²) in [6, 6.07) is 16.9. The minimum atomic E-state index is -0.241. The third-order valence-corrected chi connectivity index (χ3v) is 7.40. The van der Waals surface area contributed by atoms with Crippen molar-refractivity contribution < 1.29 is 4.39 Å². The summed E-state index contributed by atoms with van der Waals surface area (Å²) in [5.41, 5.74) is 8.92. The zero-order valence-electron chi connectivity index (χ0n) is 17.1. The molecule has 3 saturated carbocycles. The average Bonchev–Trinajstić information content (AvgIpc) is 3.23. The zero-order chi connectivity index (χ0) is 20.7. The molecular weight excluding hydrogens is 393 g/mol. The number of nitrogens with zero attached hydrogens (tertiary/aromatic N) is 2. The van der Waals surface area contributed by atoms with Gasteiger partial charge in [-0.15, -0.1) is 11.3 Å². The van der Waals surface area contributed by atoms with Crippen LogP contribution in [0.3, 0.4) is 0 Å². The summed E-state index contributed by atoms with van der Waals surface area (Å²) in [6.07, 6.45) is 4.55. The first-order valence-corrected chi connectivity index (χ1v) is 11.2. The van der Waals surface area contributed by atoms with Gasteiger partial charge in [0, 0.05) is 16.9 Å². The smallest absolute Gasteiger partial charge is 0.203 e. The van der Waals surface area contributed by atoms with Crippen LogP contribution in [-0.2, 0) is 0 Å². The van der Waals surface area contributed by atoms with Crippen molar-refractivity contribution >= 4 is 28.3 Å². The number of fused-ring (bicyclic) bond motifs is 2. The van der Waals surface area contributed by atoms with Crippen molar-refractivity contribution in [1.82, 2.24) is 4.98 Å². The predicted octanol–water partition coefficient (Wildman–Crippen LogP) is 6.87. The molecule has 0 aliphatic heterocycles. The van der Waals surface area contributed by atoms with E-state index >= 15 is 0 Å². The Labute approximate surface area is 180 Å². The molecule has 0 radical (unpaired) electrons. The number of hydrogen-bond acceptors (Lipinski definition) is 4. The number of benzene rings is 2. The Morgan fingerprint density at radius 1 is 1.13 bits per heavy atom. The van der Waals surface area contributed by atoms with Crippen molar-refractivity contribution in [3.63, 3.8) is 0 Å². The standard InChI is InChI=1S/C25H24FN3S/c1-25(2)19-13-18(12-16-6-4-3-5-7-16)23(21(25)14-19)28-29-24-27-22(15-30-24)17-8-10-20(26)11-9-17/h3-12,15,19,21H,13-14H2,1-2H3,(H,27,29). The SMILES string of the molecule is CC1(C)C2CC(=Cc3ccccc3)C(=NNc3nc(-c4ccc(F)cc4)cs3)C1C2. The van der Waals surface area contributed by atoms with Crippen LogP contribution in [0.1, 0.15) is 32.3 Å². The predicted molar refractivity (Wildman–Crippen MR) is 123 cm³/mol. The molecule has 3 aliphatic rings. The Morgan fingerprint density at radius 2 is 1.90 bits per heavy atom. The van der Waals surface area contributed by atoms with Gasteiger partial charge in [0.1, 0.15) is 5.82 Å². The number of hydrazone groups is 1. The van der Waals surface area contributed by atoms with Crippen molar-refractivity contribution in [2.45, 2.75) is 26.7 Å². The van der Waals surface area contributed by atoms with Crippen LogP contribution in [0.5, 0.6) is 0 Å². The van der Waals surface area contributed by atoms with Crippen LogP contribution in [0.2, 0.25) is 0 Å². The second kappa shape index (κ2) is 7.47. The molecule has 2 atom stereocenters. The maximum absolute atomic E-state index is 13.2. The van der Waals surface area contributed by atoms with E-state index in [0.717, 1.165) is 34.4 Å². The lowest BCUT2D eigenvalue weighted by Gasteiger charge is -2.57. The normalized spacial score (nSPS) is 24.6. The summed E-state index contributed by atoms with van der Waals surface area (Å²) < 4.78 is 13.2. The highest BCUT2D eigenvalue weighted by molar-refractivity contribution is 7.14. The van der Waals surface area contributed by atoms with E-state index in [-0.39, 0.29) is 11.2 Å². The lowest BCUT2D eigenvalue weighted by molar-refractivity contribution is 0.0143. The van der Waals surface area contributed by atoms with Crippen molar-refractivity contribution in [3.05, 3.63) is 76.9 Å². The highest BCUT2D eigenvalue weighted by Crippen LogP contribution is 2.59. The number of hydrogen-bond donors (Lipinski definition) is 1. The average molecular weight is 418 g/mol. The Balaban J connectivity index is 1.41. The summed E-state index contributed by atoms with van der Waals surface area (Å²) in [7, 11) is 0. The molecule has 30 heavy (non-hydrogen) atoms. The van der Waals surface area contributed by atoms with E-state index in [2.05, 4.69) is 54.6 Å². The third-order valence-electron chi connectivity index (χ3n) is 6.65.